The molecule has 8 nitrogen and oxygen atoms in total. The van der Waals surface area contributed by atoms with E-state index < -0.39 is 44.8 Å². The van der Waals surface area contributed by atoms with E-state index >= 15 is 0 Å². The summed E-state index contributed by atoms with van der Waals surface area (Å²) in [6, 6.07) is 6.20. The Hall–Kier alpha value is -1.49. The number of ether oxygens (including phenoxy) is 1. The first-order valence-electron chi connectivity index (χ1n) is 7.15. The van der Waals surface area contributed by atoms with Crippen molar-refractivity contribution in [3.05, 3.63) is 29.8 Å². The van der Waals surface area contributed by atoms with Crippen LogP contribution in [0.2, 0.25) is 0 Å². The smallest absolute Gasteiger partial charge is 0.342 e. The molecular formula is C14H19NO7S2. The van der Waals surface area contributed by atoms with Crippen LogP contribution in [0.15, 0.2) is 29.2 Å². The third kappa shape index (κ3) is 3.77. The summed E-state index contributed by atoms with van der Waals surface area (Å²) in [4.78, 5) is 12.1. The van der Waals surface area contributed by atoms with Crippen molar-refractivity contribution >= 4 is 26.1 Å². The van der Waals surface area contributed by atoms with Gasteiger partial charge < -0.3 is 4.74 Å². The van der Waals surface area contributed by atoms with Gasteiger partial charge in [-0.1, -0.05) is 17.7 Å². The normalized spacial score (nSPS) is 18.0. The Morgan fingerprint density at radius 3 is 2.17 bits per heavy atom. The van der Waals surface area contributed by atoms with Gasteiger partial charge in [0.1, 0.15) is 0 Å². The second-order valence-corrected chi connectivity index (χ2v) is 9.10. The van der Waals surface area contributed by atoms with Crippen molar-refractivity contribution < 1.29 is 30.6 Å². The molecule has 1 fully saturated rings. The average Bonchev–Trinajstić information content (AvgIpc) is 2.41. The number of hydrogen-bond donors (Lipinski definition) is 0. The molecule has 1 saturated heterocycles. The largest absolute Gasteiger partial charge is 0.464 e. The Kier molecular flexibility index (Phi) is 5.05. The molecule has 1 aliphatic heterocycles. The number of carbonyl (C=O) groups is 1. The highest BCUT2D eigenvalue weighted by Gasteiger charge is 2.58. The molecule has 0 spiro atoms. The number of rotatable bonds is 6. The lowest BCUT2D eigenvalue weighted by atomic mass is 9.98. The molecule has 24 heavy (non-hydrogen) atoms. The fraction of sp³-hybridized carbons (Fsp3) is 0.500. The minimum absolute atomic E-state index is 0.0262. The molecule has 134 valence electrons. The Morgan fingerprint density at radius 1 is 1.17 bits per heavy atom. The van der Waals surface area contributed by atoms with Crippen LogP contribution in [-0.4, -0.2) is 58.7 Å². The first-order valence-corrected chi connectivity index (χ1v) is 10.4. The third-order valence-corrected chi connectivity index (χ3v) is 5.91. The Labute approximate surface area is 141 Å². The zero-order chi connectivity index (χ0) is 18.2. The Bertz CT molecular complexity index is 822. The highest BCUT2D eigenvalue weighted by atomic mass is 32.2. The van der Waals surface area contributed by atoms with Crippen molar-refractivity contribution in [1.29, 1.82) is 0 Å². The zero-order valence-corrected chi connectivity index (χ0v) is 15.2. The maximum Gasteiger partial charge on any atom is 0.342 e. The topological polar surface area (TPSA) is 107 Å². The SMILES string of the molecule is CCOC(=O)C1(OS(C)(=O)=O)CN(S(=O)(=O)c2ccc(C)cc2)C1. The van der Waals surface area contributed by atoms with Crippen LogP contribution in [0.25, 0.3) is 0 Å². The van der Waals surface area contributed by atoms with Gasteiger partial charge in [0.2, 0.25) is 15.6 Å². The van der Waals surface area contributed by atoms with Gasteiger partial charge in [-0.25, -0.2) is 17.4 Å². The van der Waals surface area contributed by atoms with Crippen LogP contribution < -0.4 is 0 Å². The molecule has 0 radical (unpaired) electrons. The molecule has 10 heteroatoms. The highest BCUT2D eigenvalue weighted by Crippen LogP contribution is 2.33. The molecule has 0 amide bonds. The predicted molar refractivity (Wildman–Crippen MR) is 85.2 cm³/mol. The molecule has 1 aliphatic rings. The lowest BCUT2D eigenvalue weighted by Crippen LogP contribution is -2.69. The fourth-order valence-electron chi connectivity index (χ4n) is 2.32. The summed E-state index contributed by atoms with van der Waals surface area (Å²) in [5.41, 5.74) is -0.930. The molecule has 0 unspecified atom stereocenters. The van der Waals surface area contributed by atoms with E-state index in [1.807, 2.05) is 6.92 Å². The number of nitrogens with zero attached hydrogens (tertiary/aromatic N) is 1. The number of esters is 1. The summed E-state index contributed by atoms with van der Waals surface area (Å²) in [5, 5.41) is 0. The van der Waals surface area contributed by atoms with Crippen molar-refractivity contribution in [2.45, 2.75) is 24.3 Å². The van der Waals surface area contributed by atoms with E-state index in [1.165, 1.54) is 12.1 Å². The van der Waals surface area contributed by atoms with Crippen molar-refractivity contribution in [3.8, 4) is 0 Å². The van der Waals surface area contributed by atoms with Crippen LogP contribution in [0.4, 0.5) is 0 Å². The van der Waals surface area contributed by atoms with Crippen LogP contribution in [0.3, 0.4) is 0 Å². The number of benzene rings is 1. The first kappa shape index (κ1) is 18.8. The standard InChI is InChI=1S/C14H19NO7S2/c1-4-21-13(16)14(22-23(3,17)18)9-15(10-14)24(19,20)12-7-5-11(2)6-8-12/h5-8H,4,9-10H2,1-3H3. The summed E-state index contributed by atoms with van der Waals surface area (Å²) >= 11 is 0. The molecule has 1 heterocycles. The summed E-state index contributed by atoms with van der Waals surface area (Å²) in [6.07, 6.45) is 0.797. The van der Waals surface area contributed by atoms with E-state index in [1.54, 1.807) is 19.1 Å². The lowest BCUT2D eigenvalue weighted by molar-refractivity contribution is -0.171. The molecular weight excluding hydrogens is 358 g/mol. The summed E-state index contributed by atoms with van der Waals surface area (Å²) in [7, 11) is -7.81. The molecule has 0 aromatic heterocycles. The van der Waals surface area contributed by atoms with Crippen LogP contribution >= 0.6 is 0 Å². The number of carbonyl (C=O) groups excluding carboxylic acids is 1. The van der Waals surface area contributed by atoms with Crippen molar-refractivity contribution in [2.75, 3.05) is 26.0 Å². The molecule has 0 aliphatic carbocycles. The molecule has 0 N–H and O–H groups in total. The first-order chi connectivity index (χ1) is 11.0. The summed E-state index contributed by atoms with van der Waals surface area (Å²) in [5.74, 6) is -0.897. The minimum atomic E-state index is -3.97. The van der Waals surface area contributed by atoms with Gasteiger partial charge in [-0.3, -0.25) is 0 Å². The van der Waals surface area contributed by atoms with Gasteiger partial charge in [0.05, 0.1) is 30.8 Å². The number of hydrogen-bond acceptors (Lipinski definition) is 7. The molecule has 0 atom stereocenters. The highest BCUT2D eigenvalue weighted by molar-refractivity contribution is 7.89. The maximum atomic E-state index is 12.5. The van der Waals surface area contributed by atoms with Gasteiger partial charge >= 0.3 is 5.97 Å². The van der Waals surface area contributed by atoms with E-state index in [4.69, 9.17) is 8.92 Å². The van der Waals surface area contributed by atoms with Crippen molar-refractivity contribution in [3.63, 3.8) is 0 Å². The van der Waals surface area contributed by atoms with Gasteiger partial charge in [0.25, 0.3) is 10.1 Å². The van der Waals surface area contributed by atoms with E-state index in [-0.39, 0.29) is 11.5 Å². The van der Waals surface area contributed by atoms with Gasteiger partial charge in [0, 0.05) is 0 Å². The third-order valence-electron chi connectivity index (χ3n) is 3.48. The lowest BCUT2D eigenvalue weighted by Gasteiger charge is -2.45. The quantitative estimate of drug-likeness (QED) is 0.517. The zero-order valence-electron chi connectivity index (χ0n) is 13.6. The van der Waals surface area contributed by atoms with Gasteiger partial charge in [-0.05, 0) is 26.0 Å². The van der Waals surface area contributed by atoms with Gasteiger partial charge in [0.15, 0.2) is 0 Å². The summed E-state index contributed by atoms with van der Waals surface area (Å²) in [6.45, 7) is 2.57. The molecule has 0 saturated carbocycles. The predicted octanol–water partition coefficient (Wildman–Crippen LogP) is 0.277. The van der Waals surface area contributed by atoms with Crippen molar-refractivity contribution in [1.82, 2.24) is 4.31 Å². The average molecular weight is 377 g/mol. The van der Waals surface area contributed by atoms with Crippen LogP contribution in [0.5, 0.6) is 0 Å². The van der Waals surface area contributed by atoms with Crippen molar-refractivity contribution in [2.24, 2.45) is 0 Å². The van der Waals surface area contributed by atoms with Crippen LogP contribution in [0, 0.1) is 6.92 Å². The van der Waals surface area contributed by atoms with E-state index in [2.05, 4.69) is 0 Å². The second kappa shape index (κ2) is 6.43. The monoisotopic (exact) mass is 377 g/mol. The maximum absolute atomic E-state index is 12.5. The van der Waals surface area contributed by atoms with E-state index in [0.29, 0.717) is 0 Å². The molecule has 1 aromatic carbocycles. The van der Waals surface area contributed by atoms with Crippen LogP contribution in [0.1, 0.15) is 12.5 Å². The second-order valence-electron chi connectivity index (χ2n) is 5.59. The van der Waals surface area contributed by atoms with Gasteiger partial charge in [-0.2, -0.15) is 12.7 Å². The van der Waals surface area contributed by atoms with Gasteiger partial charge in [-0.15, -0.1) is 0 Å². The Morgan fingerprint density at radius 2 is 1.71 bits per heavy atom. The Balaban J connectivity index is 2.25. The minimum Gasteiger partial charge on any atom is -0.464 e. The van der Waals surface area contributed by atoms with E-state index in [9.17, 15) is 21.6 Å². The molecule has 0 bridgehead atoms. The molecule has 1 aromatic rings. The summed E-state index contributed by atoms with van der Waals surface area (Å²) < 4.78 is 58.5. The van der Waals surface area contributed by atoms with Crippen LogP contribution in [-0.2, 0) is 33.9 Å². The fourth-order valence-corrected chi connectivity index (χ4v) is 4.61. The number of aryl methyl sites for hydroxylation is 1. The van der Waals surface area contributed by atoms with E-state index in [0.717, 1.165) is 16.1 Å². The molecule has 2 rings (SSSR count). The number of sulfonamides is 1.